The first-order valence-electron chi connectivity index (χ1n) is 12.7. The van der Waals surface area contributed by atoms with Crippen molar-refractivity contribution in [3.63, 3.8) is 0 Å². The van der Waals surface area contributed by atoms with Gasteiger partial charge in [-0.1, -0.05) is 51.2 Å². The van der Waals surface area contributed by atoms with E-state index in [1.807, 2.05) is 13.0 Å². The van der Waals surface area contributed by atoms with Crippen LogP contribution >= 0.6 is 0 Å². The van der Waals surface area contributed by atoms with Crippen molar-refractivity contribution < 1.29 is 33.8 Å². The van der Waals surface area contributed by atoms with Gasteiger partial charge in [-0.3, -0.25) is 14.4 Å². The first-order valence-corrected chi connectivity index (χ1v) is 12.7. The molecule has 0 unspecified atom stereocenters. The normalized spacial score (nSPS) is 25.5. The molecule has 3 aliphatic rings. The molecule has 0 radical (unpaired) electrons. The van der Waals surface area contributed by atoms with Crippen LogP contribution in [0.15, 0.2) is 58.1 Å². The average molecular weight is 497 g/mol. The summed E-state index contributed by atoms with van der Waals surface area (Å²) in [7, 11) is 0. The minimum absolute atomic E-state index is 0.0148. The summed E-state index contributed by atoms with van der Waals surface area (Å²) in [5.41, 5.74) is -0.225. The Kier molecular flexibility index (Phi) is 8.67. The number of carbonyl (C=O) groups excluding carboxylic acids is 4. The van der Waals surface area contributed by atoms with Gasteiger partial charge < -0.3 is 14.6 Å². The number of hydrogen-bond acceptors (Lipinski definition) is 7. The zero-order valence-corrected chi connectivity index (χ0v) is 21.8. The summed E-state index contributed by atoms with van der Waals surface area (Å²) in [5.74, 6) is -1.90. The van der Waals surface area contributed by atoms with Crippen molar-refractivity contribution in [3.05, 3.63) is 58.1 Å². The molecule has 7 heteroatoms. The van der Waals surface area contributed by atoms with Gasteiger partial charge in [0, 0.05) is 12.0 Å². The second-order valence-electron chi connectivity index (χ2n) is 10.2. The molecule has 3 rings (SSSR count). The van der Waals surface area contributed by atoms with Gasteiger partial charge in [-0.2, -0.15) is 0 Å². The number of hydrogen-bond donors (Lipinski definition) is 1. The van der Waals surface area contributed by atoms with Crippen LogP contribution in [0.25, 0.3) is 0 Å². The Balaban J connectivity index is 1.77. The SMILES string of the molecule is CCCCCC[C@H](C)/C=C(\C)C(=O)O[C@@]1(C)C(=O)C=C2C=C(C3=C(C)C[C@@H](O)CC3=O)OC=C2C1=O. The Morgan fingerprint density at radius 2 is 1.94 bits per heavy atom. The van der Waals surface area contributed by atoms with E-state index >= 15 is 0 Å². The molecule has 2 aliphatic carbocycles. The van der Waals surface area contributed by atoms with E-state index in [0.29, 0.717) is 28.7 Å². The van der Waals surface area contributed by atoms with Gasteiger partial charge in [0.15, 0.2) is 5.78 Å². The lowest BCUT2D eigenvalue weighted by atomic mass is 9.79. The summed E-state index contributed by atoms with van der Waals surface area (Å²) >= 11 is 0. The molecule has 0 spiro atoms. The fourth-order valence-corrected chi connectivity index (χ4v) is 4.79. The Morgan fingerprint density at radius 3 is 2.61 bits per heavy atom. The maximum absolute atomic E-state index is 13.3. The van der Waals surface area contributed by atoms with E-state index in [1.165, 1.54) is 31.8 Å². The van der Waals surface area contributed by atoms with Crippen LogP contribution < -0.4 is 0 Å². The molecule has 0 amide bonds. The van der Waals surface area contributed by atoms with Gasteiger partial charge in [0.2, 0.25) is 17.2 Å². The summed E-state index contributed by atoms with van der Waals surface area (Å²) in [6.07, 6.45) is 10.8. The van der Waals surface area contributed by atoms with Crippen LogP contribution in [0.4, 0.5) is 0 Å². The van der Waals surface area contributed by atoms with E-state index in [0.717, 1.165) is 25.7 Å². The predicted octanol–water partition coefficient (Wildman–Crippen LogP) is 4.76. The lowest BCUT2D eigenvalue weighted by molar-refractivity contribution is -0.165. The highest BCUT2D eigenvalue weighted by molar-refractivity contribution is 6.26. The molecule has 194 valence electrons. The fraction of sp³-hybridized carbons (Fsp3) is 0.517. The standard InChI is InChI=1S/C29H36O7/c1-6-7-8-9-10-17(2)11-19(4)28(34)36-29(5)25(32)14-20-13-24(35-16-22(20)27(29)33)26-18(3)12-21(30)15-23(26)31/h11,13-14,16-17,21,30H,6-10,12,15H2,1-5H3/b19-11+/t17-,21+,29-/m0/s1. The van der Waals surface area contributed by atoms with Crippen LogP contribution in [0.5, 0.6) is 0 Å². The van der Waals surface area contributed by atoms with Crippen molar-refractivity contribution in [3.8, 4) is 0 Å². The van der Waals surface area contributed by atoms with Gasteiger partial charge >= 0.3 is 5.97 Å². The molecule has 0 aromatic rings. The summed E-state index contributed by atoms with van der Waals surface area (Å²) in [5, 5.41) is 9.82. The Labute approximate surface area is 212 Å². The van der Waals surface area contributed by atoms with Crippen molar-refractivity contribution >= 4 is 23.3 Å². The molecule has 0 saturated carbocycles. The summed E-state index contributed by atoms with van der Waals surface area (Å²) in [4.78, 5) is 51.6. The Morgan fingerprint density at radius 1 is 1.22 bits per heavy atom. The molecular formula is C29H36O7. The molecule has 1 aliphatic heterocycles. The number of unbranched alkanes of at least 4 members (excludes halogenated alkanes) is 3. The van der Waals surface area contributed by atoms with Crippen molar-refractivity contribution in [2.75, 3.05) is 0 Å². The number of carbonyl (C=O) groups is 4. The van der Waals surface area contributed by atoms with Crippen molar-refractivity contribution in [2.45, 2.75) is 91.3 Å². The monoisotopic (exact) mass is 496 g/mol. The molecule has 1 heterocycles. The van der Waals surface area contributed by atoms with Gasteiger partial charge in [-0.25, -0.2) is 4.79 Å². The van der Waals surface area contributed by atoms with Crippen molar-refractivity contribution in [2.24, 2.45) is 5.92 Å². The number of aliphatic hydroxyl groups is 1. The molecule has 0 fully saturated rings. The largest absolute Gasteiger partial charge is 0.463 e. The second kappa shape index (κ2) is 11.3. The minimum atomic E-state index is -2.00. The van der Waals surface area contributed by atoms with Crippen LogP contribution in [0.2, 0.25) is 0 Å². The maximum atomic E-state index is 13.3. The molecular weight excluding hydrogens is 460 g/mol. The third kappa shape index (κ3) is 5.84. The smallest absolute Gasteiger partial charge is 0.334 e. The number of aliphatic hydroxyl groups excluding tert-OH is 1. The highest BCUT2D eigenvalue weighted by Crippen LogP contribution is 2.37. The van der Waals surface area contributed by atoms with Crippen LogP contribution in [-0.2, 0) is 28.7 Å². The molecule has 0 aromatic carbocycles. The van der Waals surface area contributed by atoms with E-state index in [9.17, 15) is 24.3 Å². The van der Waals surface area contributed by atoms with E-state index in [4.69, 9.17) is 9.47 Å². The van der Waals surface area contributed by atoms with Crippen molar-refractivity contribution in [1.29, 1.82) is 0 Å². The van der Waals surface area contributed by atoms with E-state index in [2.05, 4.69) is 6.92 Å². The van der Waals surface area contributed by atoms with Crippen LogP contribution in [0.1, 0.15) is 79.6 Å². The molecule has 0 saturated heterocycles. The molecule has 36 heavy (non-hydrogen) atoms. The molecule has 1 N–H and O–H groups in total. The topological polar surface area (TPSA) is 107 Å². The third-order valence-corrected chi connectivity index (χ3v) is 6.92. The van der Waals surface area contributed by atoms with E-state index < -0.39 is 29.2 Å². The maximum Gasteiger partial charge on any atom is 0.334 e. The first-order chi connectivity index (χ1) is 17.0. The molecule has 0 aromatic heterocycles. The fourth-order valence-electron chi connectivity index (χ4n) is 4.79. The highest BCUT2D eigenvalue weighted by Gasteiger charge is 2.49. The number of rotatable bonds is 9. The quantitative estimate of drug-likeness (QED) is 0.212. The Hall–Kier alpha value is -3.06. The second-order valence-corrected chi connectivity index (χ2v) is 10.2. The van der Waals surface area contributed by atoms with Gasteiger partial charge in [0.25, 0.3) is 0 Å². The molecule has 0 bridgehead atoms. The van der Waals surface area contributed by atoms with Crippen LogP contribution in [0, 0.1) is 5.92 Å². The van der Waals surface area contributed by atoms with Gasteiger partial charge in [0.05, 0.1) is 17.3 Å². The van der Waals surface area contributed by atoms with Crippen molar-refractivity contribution in [1.82, 2.24) is 0 Å². The Bertz CT molecular complexity index is 1110. The summed E-state index contributed by atoms with van der Waals surface area (Å²) < 4.78 is 11.1. The highest BCUT2D eigenvalue weighted by atomic mass is 16.6. The number of ether oxygens (including phenoxy) is 2. The number of esters is 1. The number of allylic oxidation sites excluding steroid dienone is 4. The van der Waals surface area contributed by atoms with E-state index in [1.54, 1.807) is 13.8 Å². The van der Waals surface area contributed by atoms with Gasteiger partial charge in [-0.05, 0) is 57.3 Å². The number of ketones is 3. The third-order valence-electron chi connectivity index (χ3n) is 6.92. The predicted molar refractivity (Wildman–Crippen MR) is 134 cm³/mol. The average Bonchev–Trinajstić information content (AvgIpc) is 2.80. The van der Waals surface area contributed by atoms with Gasteiger partial charge in [0.1, 0.15) is 12.0 Å². The zero-order chi connectivity index (χ0) is 26.6. The zero-order valence-electron chi connectivity index (χ0n) is 21.8. The molecule has 3 atom stereocenters. The summed E-state index contributed by atoms with van der Waals surface area (Å²) in [6.45, 7) is 8.84. The number of Topliss-reactive ketones (excluding diaryl/α,β-unsaturated/α-hetero) is 2. The first kappa shape index (κ1) is 27.5. The number of fused-ring (bicyclic) bond motifs is 1. The van der Waals surface area contributed by atoms with Crippen LogP contribution in [0.3, 0.4) is 0 Å². The van der Waals surface area contributed by atoms with Gasteiger partial charge in [-0.15, -0.1) is 0 Å². The lowest BCUT2D eigenvalue weighted by Crippen LogP contribution is -2.50. The lowest BCUT2D eigenvalue weighted by Gasteiger charge is -2.32. The van der Waals surface area contributed by atoms with Crippen LogP contribution in [-0.4, -0.2) is 40.1 Å². The molecule has 7 nitrogen and oxygen atoms in total. The summed E-state index contributed by atoms with van der Waals surface area (Å²) in [6, 6.07) is 0. The minimum Gasteiger partial charge on any atom is -0.463 e. The van der Waals surface area contributed by atoms with E-state index in [-0.39, 0.29) is 29.5 Å².